The zero-order chi connectivity index (χ0) is 17.5. The number of quaternary nitrogens is 1. The summed E-state index contributed by atoms with van der Waals surface area (Å²) in [5.74, 6) is -6.56. The zero-order valence-corrected chi connectivity index (χ0v) is 12.3. The maximum absolute atomic E-state index is 11.2. The maximum atomic E-state index is 11.2. The Bertz CT molecular complexity index is 272. The van der Waals surface area contributed by atoms with Crippen LogP contribution in [0, 0.1) is 0 Å². The number of hydrogen-bond acceptors (Lipinski definition) is 1. The molecule has 0 N–H and O–H groups in total. The molecule has 2 nitrogen and oxygen atoms in total. The van der Waals surface area contributed by atoms with Gasteiger partial charge < -0.3 is 22.2 Å². The summed E-state index contributed by atoms with van der Waals surface area (Å²) in [5, 5.41) is 0. The SMILES string of the molecule is CC[N+](C)(CC)CCOC.F[B-](F)(F)C(F)(F)C(F)(F)F. The van der Waals surface area contributed by atoms with Crippen molar-refractivity contribution in [1.29, 1.82) is 0 Å². The highest BCUT2D eigenvalue weighted by Gasteiger charge is 2.69. The van der Waals surface area contributed by atoms with Crippen molar-refractivity contribution in [1.82, 2.24) is 0 Å². The Morgan fingerprint density at radius 1 is 0.952 bits per heavy atom. The van der Waals surface area contributed by atoms with E-state index in [1.807, 2.05) is 0 Å². The lowest BCUT2D eigenvalue weighted by molar-refractivity contribution is -0.906. The van der Waals surface area contributed by atoms with Crippen LogP contribution in [0.3, 0.4) is 0 Å². The van der Waals surface area contributed by atoms with E-state index in [0.717, 1.165) is 17.6 Å². The van der Waals surface area contributed by atoms with Gasteiger partial charge in [-0.3, -0.25) is 0 Å². The van der Waals surface area contributed by atoms with Crippen molar-refractivity contribution >= 4 is 6.98 Å². The average Bonchev–Trinajstić information content (AvgIpc) is 2.34. The molecule has 0 heterocycles. The molecule has 21 heavy (non-hydrogen) atoms. The highest BCUT2D eigenvalue weighted by Crippen LogP contribution is 2.43. The minimum atomic E-state index is -7.21. The molecule has 0 aliphatic heterocycles. The molecule has 0 aliphatic carbocycles. The third-order valence-electron chi connectivity index (χ3n) is 3.15. The Morgan fingerprint density at radius 3 is 1.48 bits per heavy atom. The molecule has 0 aliphatic rings. The fourth-order valence-electron chi connectivity index (χ4n) is 1.04. The molecule has 130 valence electrons. The van der Waals surface area contributed by atoms with Crippen molar-refractivity contribution < 1.29 is 44.1 Å². The second kappa shape index (κ2) is 8.16. The van der Waals surface area contributed by atoms with E-state index in [-0.39, 0.29) is 0 Å². The topological polar surface area (TPSA) is 9.23 Å². The minimum Gasteiger partial charge on any atom is -0.445 e. The summed E-state index contributed by atoms with van der Waals surface area (Å²) in [4.78, 5) is 0. The monoisotopic (exact) mass is 333 g/mol. The van der Waals surface area contributed by atoms with Gasteiger partial charge in [-0.25, -0.2) is 8.78 Å². The van der Waals surface area contributed by atoms with Crippen LogP contribution in [-0.2, 0) is 4.74 Å². The Balaban J connectivity index is 0. The van der Waals surface area contributed by atoms with Crippen molar-refractivity contribution in [3.05, 3.63) is 0 Å². The van der Waals surface area contributed by atoms with Crippen molar-refractivity contribution in [3.8, 4) is 0 Å². The van der Waals surface area contributed by atoms with Gasteiger partial charge in [0.25, 0.3) is 0 Å². The number of ether oxygens (including phenoxy) is 1. The predicted molar refractivity (Wildman–Crippen MR) is 64.1 cm³/mol. The van der Waals surface area contributed by atoms with Crippen LogP contribution < -0.4 is 0 Å². The third-order valence-corrected chi connectivity index (χ3v) is 3.15. The quantitative estimate of drug-likeness (QED) is 0.409. The second-order valence-corrected chi connectivity index (χ2v) is 4.66. The highest BCUT2D eigenvalue weighted by molar-refractivity contribution is 6.61. The van der Waals surface area contributed by atoms with Gasteiger partial charge in [-0.15, -0.1) is 0 Å². The van der Waals surface area contributed by atoms with Crippen LogP contribution >= 0.6 is 0 Å². The van der Waals surface area contributed by atoms with Crippen molar-refractivity contribution in [3.63, 3.8) is 0 Å². The summed E-state index contributed by atoms with van der Waals surface area (Å²) >= 11 is 0. The van der Waals surface area contributed by atoms with Crippen LogP contribution in [0.2, 0.25) is 0 Å². The fraction of sp³-hybridized carbons (Fsp3) is 1.00. The minimum absolute atomic E-state index is 0.873. The Morgan fingerprint density at radius 2 is 1.33 bits per heavy atom. The molecule has 0 spiro atoms. The smallest absolute Gasteiger partial charge is 0.445 e. The van der Waals surface area contributed by atoms with E-state index in [0.29, 0.717) is 0 Å². The van der Waals surface area contributed by atoms with Gasteiger partial charge >= 0.3 is 19.0 Å². The van der Waals surface area contributed by atoms with Crippen LogP contribution in [0.4, 0.5) is 34.9 Å². The van der Waals surface area contributed by atoms with Gasteiger partial charge in [-0.1, -0.05) is 0 Å². The molecule has 0 saturated heterocycles. The van der Waals surface area contributed by atoms with Gasteiger partial charge in [0.05, 0.1) is 26.7 Å². The molecule has 0 bridgehead atoms. The molecule has 0 radical (unpaired) electrons. The second-order valence-electron chi connectivity index (χ2n) is 4.66. The lowest BCUT2D eigenvalue weighted by atomic mass is 9.80. The highest BCUT2D eigenvalue weighted by atomic mass is 19.4. The first-order valence-electron chi connectivity index (χ1n) is 6.15. The Hall–Kier alpha value is -0.575. The molecule has 0 aromatic carbocycles. The summed E-state index contributed by atoms with van der Waals surface area (Å²) in [5.41, 5.74) is 0. The fourth-order valence-corrected chi connectivity index (χ4v) is 1.04. The normalized spacial score (nSPS) is 13.7. The van der Waals surface area contributed by atoms with Gasteiger partial charge in [0.1, 0.15) is 6.54 Å². The van der Waals surface area contributed by atoms with Gasteiger partial charge in [0, 0.05) is 7.11 Å². The first-order chi connectivity index (χ1) is 9.18. The molecule has 0 amide bonds. The number of methoxy groups -OCH3 is 1. The van der Waals surface area contributed by atoms with Gasteiger partial charge in [0.15, 0.2) is 0 Å². The molecule has 0 rings (SSSR count). The Kier molecular flexibility index (Phi) is 8.82. The van der Waals surface area contributed by atoms with Gasteiger partial charge in [0.2, 0.25) is 0 Å². The molecule has 0 atom stereocenters. The largest absolute Gasteiger partial charge is 0.558 e. The molecule has 0 unspecified atom stereocenters. The van der Waals surface area contributed by atoms with Crippen LogP contribution in [0.1, 0.15) is 13.8 Å². The lowest BCUT2D eigenvalue weighted by Gasteiger charge is -2.31. The van der Waals surface area contributed by atoms with Gasteiger partial charge in [-0.05, 0) is 13.8 Å². The maximum Gasteiger partial charge on any atom is 0.558 e. The predicted octanol–water partition coefficient (Wildman–Crippen LogP) is 3.69. The zero-order valence-electron chi connectivity index (χ0n) is 12.3. The summed E-state index contributed by atoms with van der Waals surface area (Å²) in [6.45, 7) is 1.62. The molecule has 11 heteroatoms. The van der Waals surface area contributed by atoms with Crippen LogP contribution in [-0.4, -0.2) is 63.9 Å². The van der Waals surface area contributed by atoms with Crippen molar-refractivity contribution in [2.24, 2.45) is 0 Å². The van der Waals surface area contributed by atoms with E-state index in [2.05, 4.69) is 20.9 Å². The summed E-state index contributed by atoms with van der Waals surface area (Å²) < 4.78 is 94.0. The number of rotatable bonds is 6. The number of alkyl halides is 5. The number of nitrogens with zero attached hydrogens (tertiary/aromatic N) is 1. The first kappa shape index (κ1) is 22.7. The van der Waals surface area contributed by atoms with E-state index < -0.39 is 19.0 Å². The van der Waals surface area contributed by atoms with Crippen molar-refractivity contribution in [2.75, 3.05) is 40.4 Å². The van der Waals surface area contributed by atoms with E-state index in [1.165, 1.54) is 13.1 Å². The van der Waals surface area contributed by atoms with Crippen LogP contribution in [0.25, 0.3) is 0 Å². The molecule has 0 aromatic rings. The average molecular weight is 333 g/mol. The van der Waals surface area contributed by atoms with E-state index in [4.69, 9.17) is 4.74 Å². The summed E-state index contributed by atoms with van der Waals surface area (Å²) in [6, 6.07) is 0. The molecular formula is C10H20BF8NO. The lowest BCUT2D eigenvalue weighted by Crippen LogP contribution is -2.53. The van der Waals surface area contributed by atoms with Crippen LogP contribution in [0.15, 0.2) is 0 Å². The van der Waals surface area contributed by atoms with Gasteiger partial charge in [-0.2, -0.15) is 13.2 Å². The molecular weight excluding hydrogens is 313 g/mol. The standard InChI is InChI=1S/C8H20NO.C2BF8/c1-5-9(3,6-2)7-8-10-4;4-1(5,2(6,7)8)3(9,10)11/h5-8H2,1-4H3;/q+1;-1. The molecule has 0 aromatic heterocycles. The summed E-state index contributed by atoms with van der Waals surface area (Å²) in [7, 11) is 4.02. The van der Waals surface area contributed by atoms with E-state index in [9.17, 15) is 34.9 Å². The van der Waals surface area contributed by atoms with E-state index in [1.54, 1.807) is 7.11 Å². The van der Waals surface area contributed by atoms with E-state index >= 15 is 0 Å². The first-order valence-corrected chi connectivity index (χ1v) is 6.15. The summed E-state index contributed by atoms with van der Waals surface area (Å²) in [6.07, 6.45) is -6.55. The van der Waals surface area contributed by atoms with Crippen molar-refractivity contribution in [2.45, 2.75) is 25.8 Å². The third kappa shape index (κ3) is 7.30. The molecule has 0 fully saturated rings. The Labute approximate surface area is 118 Å². The molecule has 0 saturated carbocycles. The number of likely N-dealkylation sites (N-methyl/N-ethyl adjacent to an activating group) is 1. The van der Waals surface area contributed by atoms with Crippen LogP contribution in [0.5, 0.6) is 0 Å². The number of halogens is 8. The number of hydrogen-bond donors (Lipinski definition) is 0.